The van der Waals surface area contributed by atoms with Gasteiger partial charge in [0.1, 0.15) is 5.75 Å². The van der Waals surface area contributed by atoms with Crippen molar-refractivity contribution in [3.05, 3.63) is 28.8 Å². The summed E-state index contributed by atoms with van der Waals surface area (Å²) in [6.07, 6.45) is 1.20. The van der Waals surface area contributed by atoms with Gasteiger partial charge in [-0.1, -0.05) is 11.6 Å². The first-order valence-electron chi connectivity index (χ1n) is 5.00. The molecule has 3 heteroatoms. The predicted molar refractivity (Wildman–Crippen MR) is 55.8 cm³/mol. The highest BCUT2D eigenvalue weighted by Crippen LogP contribution is 2.40. The molecule has 0 radical (unpaired) electrons. The summed E-state index contributed by atoms with van der Waals surface area (Å²) in [5.74, 6) is 1.62. The molecule has 0 spiro atoms. The Balaban J connectivity index is 2.07. The molecule has 1 aromatic carbocycles. The molecule has 0 aromatic heterocycles. The summed E-state index contributed by atoms with van der Waals surface area (Å²) in [5.41, 5.74) is 1.23. The third-order valence-electron chi connectivity index (χ3n) is 3.11. The summed E-state index contributed by atoms with van der Waals surface area (Å²) in [4.78, 5) is 0. The molecule has 2 heterocycles. The Kier molecular flexibility index (Phi) is 1.92. The summed E-state index contributed by atoms with van der Waals surface area (Å²) in [6, 6.07) is 6.33. The summed E-state index contributed by atoms with van der Waals surface area (Å²) >= 11 is 5.98. The number of nitrogens with one attached hydrogen (secondary N) is 1. The van der Waals surface area contributed by atoms with Crippen molar-refractivity contribution in [1.82, 2.24) is 5.32 Å². The van der Waals surface area contributed by atoms with E-state index < -0.39 is 0 Å². The number of halogens is 1. The molecule has 2 nitrogen and oxygen atoms in total. The van der Waals surface area contributed by atoms with Crippen molar-refractivity contribution in [2.45, 2.75) is 12.5 Å². The van der Waals surface area contributed by atoms with E-state index in [1.807, 2.05) is 18.2 Å². The third kappa shape index (κ3) is 1.22. The molecule has 2 unspecified atom stereocenters. The van der Waals surface area contributed by atoms with Crippen LogP contribution in [0.5, 0.6) is 5.75 Å². The monoisotopic (exact) mass is 209 g/mol. The van der Waals surface area contributed by atoms with Crippen molar-refractivity contribution in [3.8, 4) is 5.75 Å². The minimum absolute atomic E-state index is 0.456. The Morgan fingerprint density at radius 1 is 1.43 bits per heavy atom. The molecule has 14 heavy (non-hydrogen) atoms. The van der Waals surface area contributed by atoms with Crippen LogP contribution in [0.2, 0.25) is 5.02 Å². The van der Waals surface area contributed by atoms with Gasteiger partial charge in [-0.15, -0.1) is 0 Å². The van der Waals surface area contributed by atoms with E-state index in [4.69, 9.17) is 16.3 Å². The van der Waals surface area contributed by atoms with Crippen molar-refractivity contribution in [2.24, 2.45) is 5.92 Å². The van der Waals surface area contributed by atoms with Crippen LogP contribution in [0, 0.1) is 5.92 Å². The third-order valence-corrected chi connectivity index (χ3v) is 3.35. The zero-order valence-corrected chi connectivity index (χ0v) is 8.55. The highest BCUT2D eigenvalue weighted by Gasteiger charge is 2.34. The van der Waals surface area contributed by atoms with E-state index in [1.165, 1.54) is 12.0 Å². The van der Waals surface area contributed by atoms with Crippen LogP contribution in [0.15, 0.2) is 18.2 Å². The minimum Gasteiger partial charge on any atom is -0.493 e. The largest absolute Gasteiger partial charge is 0.493 e. The standard InChI is InChI=1S/C11H12ClNO/c12-8-1-2-10-9(5-8)11-7(6-14-10)3-4-13-11/h1-2,5,7,11,13H,3-4,6H2. The van der Waals surface area contributed by atoms with Crippen molar-refractivity contribution in [2.75, 3.05) is 13.2 Å². The van der Waals surface area contributed by atoms with Crippen LogP contribution in [0.1, 0.15) is 18.0 Å². The summed E-state index contributed by atoms with van der Waals surface area (Å²) in [5, 5.41) is 4.30. The Morgan fingerprint density at radius 2 is 2.36 bits per heavy atom. The summed E-state index contributed by atoms with van der Waals surface area (Å²) in [6.45, 7) is 1.93. The molecular formula is C11H12ClNO. The molecule has 2 atom stereocenters. The first-order valence-corrected chi connectivity index (χ1v) is 5.38. The van der Waals surface area contributed by atoms with Crippen LogP contribution in [0.3, 0.4) is 0 Å². The van der Waals surface area contributed by atoms with E-state index >= 15 is 0 Å². The molecule has 1 saturated heterocycles. The predicted octanol–water partition coefficient (Wildman–Crippen LogP) is 2.38. The normalized spacial score (nSPS) is 29.2. The number of ether oxygens (including phenoxy) is 1. The van der Waals surface area contributed by atoms with Crippen LogP contribution < -0.4 is 10.1 Å². The van der Waals surface area contributed by atoms with Gasteiger partial charge in [-0.25, -0.2) is 0 Å². The SMILES string of the molecule is Clc1ccc2c(c1)C1NCCC1CO2. The zero-order chi connectivity index (χ0) is 9.54. The second-order valence-electron chi connectivity index (χ2n) is 3.97. The van der Waals surface area contributed by atoms with Crippen molar-refractivity contribution >= 4 is 11.6 Å². The lowest BCUT2D eigenvalue weighted by molar-refractivity contribution is 0.205. The number of fused-ring (bicyclic) bond motifs is 3. The fourth-order valence-electron chi connectivity index (χ4n) is 2.39. The second-order valence-corrected chi connectivity index (χ2v) is 4.41. The van der Waals surface area contributed by atoms with E-state index in [0.717, 1.165) is 23.9 Å². The Bertz CT molecular complexity index is 366. The van der Waals surface area contributed by atoms with E-state index in [0.29, 0.717) is 12.0 Å². The van der Waals surface area contributed by atoms with Crippen molar-refractivity contribution in [1.29, 1.82) is 0 Å². The van der Waals surface area contributed by atoms with Crippen LogP contribution in [-0.2, 0) is 0 Å². The molecule has 3 rings (SSSR count). The van der Waals surface area contributed by atoms with Gasteiger partial charge in [0.25, 0.3) is 0 Å². The number of hydrogen-bond acceptors (Lipinski definition) is 2. The summed E-state index contributed by atoms with van der Waals surface area (Å²) < 4.78 is 5.69. The van der Waals surface area contributed by atoms with E-state index in [-0.39, 0.29) is 0 Å². The van der Waals surface area contributed by atoms with Crippen LogP contribution in [0.25, 0.3) is 0 Å². The minimum atomic E-state index is 0.456. The molecule has 1 fully saturated rings. The van der Waals surface area contributed by atoms with Gasteiger partial charge in [-0.2, -0.15) is 0 Å². The van der Waals surface area contributed by atoms with Gasteiger partial charge >= 0.3 is 0 Å². The molecule has 1 N–H and O–H groups in total. The average Bonchev–Trinajstić information content (AvgIpc) is 2.65. The highest BCUT2D eigenvalue weighted by atomic mass is 35.5. The quantitative estimate of drug-likeness (QED) is 0.709. The van der Waals surface area contributed by atoms with Gasteiger partial charge < -0.3 is 10.1 Å². The Labute approximate surface area is 88.2 Å². The molecule has 0 aliphatic carbocycles. The number of rotatable bonds is 0. The molecule has 0 saturated carbocycles. The molecule has 2 aliphatic heterocycles. The lowest BCUT2D eigenvalue weighted by Gasteiger charge is -2.28. The maximum absolute atomic E-state index is 5.98. The highest BCUT2D eigenvalue weighted by molar-refractivity contribution is 6.30. The van der Waals surface area contributed by atoms with Crippen LogP contribution >= 0.6 is 11.6 Å². The topological polar surface area (TPSA) is 21.3 Å². The molecule has 0 bridgehead atoms. The molecule has 74 valence electrons. The lowest BCUT2D eigenvalue weighted by Crippen LogP contribution is -2.27. The van der Waals surface area contributed by atoms with E-state index in [1.54, 1.807) is 0 Å². The molecule has 0 amide bonds. The summed E-state index contributed by atoms with van der Waals surface area (Å²) in [7, 11) is 0. The van der Waals surface area contributed by atoms with Gasteiger partial charge in [0, 0.05) is 22.5 Å². The number of benzene rings is 1. The molecular weight excluding hydrogens is 198 g/mol. The van der Waals surface area contributed by atoms with Gasteiger partial charge in [0.15, 0.2) is 0 Å². The van der Waals surface area contributed by atoms with Crippen molar-refractivity contribution in [3.63, 3.8) is 0 Å². The van der Waals surface area contributed by atoms with Crippen LogP contribution in [0.4, 0.5) is 0 Å². The molecule has 2 aliphatic rings. The Hall–Kier alpha value is -0.730. The fourth-order valence-corrected chi connectivity index (χ4v) is 2.57. The van der Waals surface area contributed by atoms with Gasteiger partial charge in [-0.05, 0) is 31.2 Å². The number of hydrogen-bond donors (Lipinski definition) is 1. The first-order chi connectivity index (χ1) is 6.84. The Morgan fingerprint density at radius 3 is 3.29 bits per heavy atom. The van der Waals surface area contributed by atoms with Crippen molar-refractivity contribution < 1.29 is 4.74 Å². The van der Waals surface area contributed by atoms with Gasteiger partial charge in [0.05, 0.1) is 6.61 Å². The maximum atomic E-state index is 5.98. The second kappa shape index (κ2) is 3.14. The lowest BCUT2D eigenvalue weighted by atomic mass is 9.92. The van der Waals surface area contributed by atoms with Crippen LogP contribution in [-0.4, -0.2) is 13.2 Å². The fraction of sp³-hybridized carbons (Fsp3) is 0.455. The maximum Gasteiger partial charge on any atom is 0.124 e. The van der Waals surface area contributed by atoms with E-state index in [9.17, 15) is 0 Å². The smallest absolute Gasteiger partial charge is 0.124 e. The zero-order valence-electron chi connectivity index (χ0n) is 7.79. The average molecular weight is 210 g/mol. The van der Waals surface area contributed by atoms with Gasteiger partial charge in [-0.3, -0.25) is 0 Å². The molecule has 1 aromatic rings. The van der Waals surface area contributed by atoms with Gasteiger partial charge in [0.2, 0.25) is 0 Å². The first kappa shape index (κ1) is 8.57. The van der Waals surface area contributed by atoms with E-state index in [2.05, 4.69) is 5.32 Å².